The van der Waals surface area contributed by atoms with Gasteiger partial charge in [-0.05, 0) is 80.4 Å². The Bertz CT molecular complexity index is 1380. The highest BCUT2D eigenvalue weighted by Crippen LogP contribution is 2.50. The molecule has 7 nitrogen and oxygen atoms in total. The summed E-state index contributed by atoms with van der Waals surface area (Å²) in [5.74, 6) is 1.50. The van der Waals surface area contributed by atoms with E-state index >= 15 is 0 Å². The van der Waals surface area contributed by atoms with Gasteiger partial charge in [-0.25, -0.2) is 8.42 Å². The first kappa shape index (κ1) is 26.1. The van der Waals surface area contributed by atoms with Crippen LogP contribution in [-0.2, 0) is 15.3 Å². The van der Waals surface area contributed by atoms with E-state index in [4.69, 9.17) is 0 Å². The number of likely N-dealkylation sites (tertiary alicyclic amines) is 1. The molecule has 2 saturated heterocycles. The van der Waals surface area contributed by atoms with Gasteiger partial charge in [-0.2, -0.15) is 10.4 Å². The van der Waals surface area contributed by atoms with Crippen LogP contribution in [0.3, 0.4) is 0 Å². The van der Waals surface area contributed by atoms with Gasteiger partial charge in [0.25, 0.3) is 0 Å². The van der Waals surface area contributed by atoms with E-state index in [1.807, 2.05) is 12.1 Å². The molecule has 2 aliphatic heterocycles. The summed E-state index contributed by atoms with van der Waals surface area (Å²) in [7, 11) is -3.54. The van der Waals surface area contributed by atoms with Crippen LogP contribution in [0, 0.1) is 29.1 Å². The summed E-state index contributed by atoms with van der Waals surface area (Å²) in [5, 5.41) is 17.0. The molecule has 8 heteroatoms. The maximum absolute atomic E-state index is 12.7. The molecule has 1 atom stereocenters. The number of piperidine rings is 1. The molecule has 1 unspecified atom stereocenters. The van der Waals surface area contributed by atoms with Crippen LogP contribution < -0.4 is 4.90 Å². The molecule has 0 spiro atoms. The second-order valence-corrected chi connectivity index (χ2v) is 13.6. The summed E-state index contributed by atoms with van der Waals surface area (Å²) in [6.07, 6.45) is 9.77. The molecular weight excluding hydrogens is 506 g/mol. The van der Waals surface area contributed by atoms with Crippen LogP contribution in [0.2, 0.25) is 0 Å². The lowest BCUT2D eigenvalue weighted by atomic mass is 9.60. The average molecular weight is 544 g/mol. The largest absolute Gasteiger partial charge is 0.371 e. The smallest absolute Gasteiger partial charge is 0.209 e. The van der Waals surface area contributed by atoms with E-state index in [1.54, 1.807) is 12.1 Å². The average Bonchev–Trinajstić information content (AvgIpc) is 3.69. The summed E-state index contributed by atoms with van der Waals surface area (Å²) in [6.45, 7) is 5.18. The molecular formula is C31H37N5O2S. The molecule has 204 valence electrons. The molecule has 1 aliphatic carbocycles. The zero-order chi connectivity index (χ0) is 26.9. The number of rotatable bonds is 8. The summed E-state index contributed by atoms with van der Waals surface area (Å²) in [6, 6.07) is 20.7. The van der Waals surface area contributed by atoms with Crippen LogP contribution in [0.15, 0.2) is 76.8 Å². The standard InChI is InChI=1S/C31H37N5O2S/c32-23-31(26-8-4-5-9-26,25-6-2-1-3-7-25)27-14-16-35(17-15-27)20-24-21-36(22-24)28-10-12-29(13-11-28)39(37,38)30-18-33-34-19-30/h1-3,6-7,10-13,18-19,24,26-27H,4-5,8-9,14-17,20-22H2,(H,33,34). The maximum atomic E-state index is 12.7. The molecule has 0 amide bonds. The van der Waals surface area contributed by atoms with Crippen molar-refractivity contribution in [1.29, 1.82) is 5.26 Å². The number of anilines is 1. The number of benzene rings is 2. The SMILES string of the molecule is N#CC(c1ccccc1)(C1CCCC1)C1CCN(CC2CN(c3ccc(S(=O)(=O)c4cn[nH]c4)cc3)C2)CC1. The van der Waals surface area contributed by atoms with Gasteiger partial charge in [-0.3, -0.25) is 5.10 Å². The predicted molar refractivity (Wildman–Crippen MR) is 151 cm³/mol. The van der Waals surface area contributed by atoms with Gasteiger partial charge in [-0.1, -0.05) is 43.2 Å². The topological polar surface area (TPSA) is 93.1 Å². The van der Waals surface area contributed by atoms with E-state index in [0.717, 1.165) is 51.3 Å². The first-order valence-electron chi connectivity index (χ1n) is 14.3. The molecule has 39 heavy (non-hydrogen) atoms. The lowest BCUT2D eigenvalue weighted by Gasteiger charge is -2.47. The third-order valence-electron chi connectivity index (χ3n) is 9.44. The number of sulfone groups is 1. The second-order valence-electron chi connectivity index (χ2n) is 11.6. The minimum atomic E-state index is -3.54. The van der Waals surface area contributed by atoms with Gasteiger partial charge < -0.3 is 9.80 Å². The predicted octanol–water partition coefficient (Wildman–Crippen LogP) is 5.04. The molecule has 1 aromatic heterocycles. The van der Waals surface area contributed by atoms with Crippen LogP contribution in [0.25, 0.3) is 0 Å². The van der Waals surface area contributed by atoms with Gasteiger partial charge >= 0.3 is 0 Å². The van der Waals surface area contributed by atoms with E-state index in [1.165, 1.54) is 43.6 Å². The fraction of sp³-hybridized carbons (Fsp3) is 0.484. The Morgan fingerprint density at radius 1 is 0.923 bits per heavy atom. The molecule has 1 N–H and O–H groups in total. The Balaban J connectivity index is 1.04. The zero-order valence-electron chi connectivity index (χ0n) is 22.4. The molecule has 2 aromatic carbocycles. The van der Waals surface area contributed by atoms with Crippen LogP contribution in [0.5, 0.6) is 0 Å². The lowest BCUT2D eigenvalue weighted by Crippen LogP contribution is -2.53. The maximum Gasteiger partial charge on any atom is 0.209 e. The molecule has 3 fully saturated rings. The van der Waals surface area contributed by atoms with Crippen molar-refractivity contribution in [3.63, 3.8) is 0 Å². The van der Waals surface area contributed by atoms with Crippen molar-refractivity contribution < 1.29 is 8.42 Å². The van der Waals surface area contributed by atoms with Crippen LogP contribution >= 0.6 is 0 Å². The van der Waals surface area contributed by atoms with E-state index in [0.29, 0.717) is 17.8 Å². The lowest BCUT2D eigenvalue weighted by molar-refractivity contribution is 0.103. The number of hydrogen-bond acceptors (Lipinski definition) is 6. The molecule has 3 aliphatic rings. The highest BCUT2D eigenvalue weighted by atomic mass is 32.2. The van der Waals surface area contributed by atoms with Gasteiger partial charge in [0.2, 0.25) is 9.84 Å². The molecule has 1 saturated carbocycles. The number of nitrogens with zero attached hydrogens (tertiary/aromatic N) is 4. The Labute approximate surface area is 231 Å². The quantitative estimate of drug-likeness (QED) is 0.428. The third-order valence-corrected chi connectivity index (χ3v) is 11.2. The van der Waals surface area contributed by atoms with Crippen molar-refractivity contribution in [1.82, 2.24) is 15.1 Å². The first-order chi connectivity index (χ1) is 19.0. The Morgan fingerprint density at radius 3 is 2.21 bits per heavy atom. The number of nitrogens with one attached hydrogen (secondary N) is 1. The minimum absolute atomic E-state index is 0.182. The van der Waals surface area contributed by atoms with Gasteiger partial charge in [0.1, 0.15) is 4.90 Å². The van der Waals surface area contributed by atoms with Crippen molar-refractivity contribution in [3.05, 3.63) is 72.6 Å². The number of hydrogen-bond donors (Lipinski definition) is 1. The van der Waals surface area contributed by atoms with Crippen LogP contribution in [0.1, 0.15) is 44.1 Å². The number of H-pyrrole nitrogens is 1. The second kappa shape index (κ2) is 10.8. The summed E-state index contributed by atoms with van der Waals surface area (Å²) in [4.78, 5) is 5.39. The molecule has 6 rings (SSSR count). The Hall–Kier alpha value is -3.15. The van der Waals surface area contributed by atoms with Gasteiger partial charge in [0.05, 0.1) is 22.6 Å². The Morgan fingerprint density at radius 2 is 1.59 bits per heavy atom. The van der Waals surface area contributed by atoms with E-state index in [-0.39, 0.29) is 15.2 Å². The molecule has 0 radical (unpaired) electrons. The van der Waals surface area contributed by atoms with Crippen LogP contribution in [-0.4, -0.2) is 56.2 Å². The normalized spacial score (nSPS) is 21.4. The van der Waals surface area contributed by atoms with Crippen molar-refractivity contribution in [2.75, 3.05) is 37.6 Å². The van der Waals surface area contributed by atoms with Crippen molar-refractivity contribution in [2.45, 2.75) is 53.7 Å². The van der Waals surface area contributed by atoms with Gasteiger partial charge in [-0.15, -0.1) is 0 Å². The van der Waals surface area contributed by atoms with Gasteiger partial charge in [0, 0.05) is 37.4 Å². The number of aromatic amines is 1. The summed E-state index contributed by atoms with van der Waals surface area (Å²) in [5.41, 5.74) is 1.94. The third kappa shape index (κ3) is 4.87. The monoisotopic (exact) mass is 543 g/mol. The summed E-state index contributed by atoms with van der Waals surface area (Å²) >= 11 is 0. The zero-order valence-corrected chi connectivity index (χ0v) is 23.2. The first-order valence-corrected chi connectivity index (χ1v) is 15.8. The fourth-order valence-electron chi connectivity index (χ4n) is 7.34. The number of nitriles is 1. The van der Waals surface area contributed by atoms with Crippen molar-refractivity contribution >= 4 is 15.5 Å². The molecule has 3 heterocycles. The minimum Gasteiger partial charge on any atom is -0.371 e. The number of aromatic nitrogens is 2. The van der Waals surface area contributed by atoms with Crippen molar-refractivity contribution in [3.8, 4) is 6.07 Å². The highest BCUT2D eigenvalue weighted by Gasteiger charge is 2.48. The highest BCUT2D eigenvalue weighted by molar-refractivity contribution is 7.91. The van der Waals surface area contributed by atoms with Crippen LogP contribution in [0.4, 0.5) is 5.69 Å². The van der Waals surface area contributed by atoms with E-state index in [2.05, 4.69) is 56.4 Å². The van der Waals surface area contributed by atoms with E-state index in [9.17, 15) is 13.7 Å². The summed E-state index contributed by atoms with van der Waals surface area (Å²) < 4.78 is 25.4. The molecule has 0 bridgehead atoms. The van der Waals surface area contributed by atoms with Gasteiger partial charge in [0.15, 0.2) is 0 Å². The fourth-order valence-corrected chi connectivity index (χ4v) is 8.50. The Kier molecular flexibility index (Phi) is 7.22. The van der Waals surface area contributed by atoms with Crippen molar-refractivity contribution in [2.24, 2.45) is 17.8 Å². The van der Waals surface area contributed by atoms with E-state index < -0.39 is 9.84 Å². The molecule has 3 aromatic rings.